The highest BCUT2D eigenvalue weighted by atomic mass is 35.5. The van der Waals surface area contributed by atoms with Gasteiger partial charge in [0, 0.05) is 10.6 Å². The minimum Gasteiger partial charge on any atom is -0.493 e. The number of carbonyl (C=O) groups is 1. The van der Waals surface area contributed by atoms with Crippen molar-refractivity contribution < 1.29 is 19.0 Å². The second-order valence-corrected chi connectivity index (χ2v) is 7.09. The second-order valence-electron chi connectivity index (χ2n) is 6.65. The number of methoxy groups -OCH3 is 1. The number of rotatable bonds is 10. The van der Waals surface area contributed by atoms with Crippen molar-refractivity contribution in [3.8, 4) is 17.2 Å². The van der Waals surface area contributed by atoms with E-state index in [4.69, 9.17) is 25.8 Å². The summed E-state index contributed by atoms with van der Waals surface area (Å²) >= 11 is 5.91. The van der Waals surface area contributed by atoms with Crippen molar-refractivity contribution in [1.29, 1.82) is 0 Å². The van der Waals surface area contributed by atoms with Gasteiger partial charge >= 0.3 is 0 Å². The lowest BCUT2D eigenvalue weighted by Crippen LogP contribution is -2.17. The fraction of sp³-hybridized carbons (Fsp3) is 0.120. The summed E-state index contributed by atoms with van der Waals surface area (Å²) in [7, 11) is 1.57. The van der Waals surface area contributed by atoms with Crippen LogP contribution in [0.1, 0.15) is 21.5 Å². The van der Waals surface area contributed by atoms with Gasteiger partial charge in [0.2, 0.25) is 0 Å². The van der Waals surface area contributed by atoms with E-state index in [9.17, 15) is 4.79 Å². The summed E-state index contributed by atoms with van der Waals surface area (Å²) in [5.41, 5.74) is 4.71. The molecule has 164 valence electrons. The number of hydrazone groups is 1. The third-order valence-corrected chi connectivity index (χ3v) is 4.61. The molecule has 0 spiro atoms. The van der Waals surface area contributed by atoms with Crippen LogP contribution in [0, 0.1) is 0 Å². The summed E-state index contributed by atoms with van der Waals surface area (Å²) in [5.74, 6) is 1.49. The van der Waals surface area contributed by atoms with Gasteiger partial charge in [0.05, 0.1) is 13.3 Å². The Hall–Kier alpha value is -3.77. The smallest absolute Gasteiger partial charge is 0.271 e. The minimum atomic E-state index is -0.327. The number of carbonyl (C=O) groups excluding carboxylic acids is 1. The molecule has 1 N–H and O–H groups in total. The molecule has 3 rings (SSSR count). The molecule has 0 aliphatic carbocycles. The highest BCUT2D eigenvalue weighted by Gasteiger charge is 2.07. The SMILES string of the molecule is C=CCOc1ccc(C(=O)NN=Cc2ccc(OCc3ccc(Cl)cc3)c(OC)c2)cc1. The van der Waals surface area contributed by atoms with Crippen LogP contribution in [-0.4, -0.2) is 25.8 Å². The maximum absolute atomic E-state index is 12.2. The Labute approximate surface area is 192 Å². The van der Waals surface area contributed by atoms with E-state index in [0.29, 0.717) is 41.0 Å². The third-order valence-electron chi connectivity index (χ3n) is 4.36. The molecular weight excluding hydrogens is 428 g/mol. The van der Waals surface area contributed by atoms with Crippen LogP contribution in [0.2, 0.25) is 5.02 Å². The molecule has 0 aromatic heterocycles. The molecule has 6 nitrogen and oxygen atoms in total. The summed E-state index contributed by atoms with van der Waals surface area (Å²) in [4.78, 5) is 12.2. The monoisotopic (exact) mass is 450 g/mol. The minimum absolute atomic E-state index is 0.327. The Morgan fingerprint density at radius 1 is 1.03 bits per heavy atom. The molecule has 3 aromatic rings. The molecular formula is C25H23ClN2O4. The lowest BCUT2D eigenvalue weighted by molar-refractivity contribution is 0.0955. The zero-order valence-electron chi connectivity index (χ0n) is 17.6. The van der Waals surface area contributed by atoms with Crippen LogP contribution >= 0.6 is 11.6 Å². The highest BCUT2D eigenvalue weighted by Crippen LogP contribution is 2.28. The normalized spacial score (nSPS) is 10.6. The molecule has 32 heavy (non-hydrogen) atoms. The number of nitrogens with one attached hydrogen (secondary N) is 1. The summed E-state index contributed by atoms with van der Waals surface area (Å²) < 4.78 is 16.7. The van der Waals surface area contributed by atoms with E-state index in [1.807, 2.05) is 30.3 Å². The number of halogens is 1. The van der Waals surface area contributed by atoms with Gasteiger partial charge in [-0.05, 0) is 65.7 Å². The molecule has 0 fully saturated rings. The van der Waals surface area contributed by atoms with Gasteiger partial charge in [-0.2, -0.15) is 5.10 Å². The average molecular weight is 451 g/mol. The van der Waals surface area contributed by atoms with E-state index in [0.717, 1.165) is 11.1 Å². The van der Waals surface area contributed by atoms with Crippen LogP contribution in [0.25, 0.3) is 0 Å². The first kappa shape index (κ1) is 22.9. The van der Waals surface area contributed by atoms with E-state index in [1.54, 1.807) is 49.6 Å². The average Bonchev–Trinajstić information content (AvgIpc) is 2.83. The Bertz CT molecular complexity index is 1080. The predicted octanol–water partition coefficient (Wildman–Crippen LogP) is 5.26. The number of ether oxygens (including phenoxy) is 3. The van der Waals surface area contributed by atoms with Gasteiger partial charge in [-0.1, -0.05) is 36.4 Å². The molecule has 0 aliphatic heterocycles. The first-order valence-electron chi connectivity index (χ1n) is 9.81. The lowest BCUT2D eigenvalue weighted by atomic mass is 10.2. The van der Waals surface area contributed by atoms with E-state index >= 15 is 0 Å². The number of amides is 1. The maximum Gasteiger partial charge on any atom is 0.271 e. The molecule has 0 saturated carbocycles. The number of nitrogens with zero attached hydrogens (tertiary/aromatic N) is 1. The summed E-state index contributed by atoms with van der Waals surface area (Å²) in [6.45, 7) is 4.39. The Balaban J connectivity index is 1.57. The fourth-order valence-electron chi connectivity index (χ4n) is 2.71. The summed E-state index contributed by atoms with van der Waals surface area (Å²) in [6, 6.07) is 19.6. The predicted molar refractivity (Wildman–Crippen MR) is 126 cm³/mol. The second kappa shape index (κ2) is 11.6. The molecule has 7 heteroatoms. The van der Waals surface area contributed by atoms with E-state index in [2.05, 4.69) is 17.1 Å². The molecule has 3 aromatic carbocycles. The first-order valence-corrected chi connectivity index (χ1v) is 10.2. The van der Waals surface area contributed by atoms with Gasteiger partial charge in [0.25, 0.3) is 5.91 Å². The zero-order chi connectivity index (χ0) is 22.8. The number of benzene rings is 3. The van der Waals surface area contributed by atoms with Crippen molar-refractivity contribution in [2.75, 3.05) is 13.7 Å². The van der Waals surface area contributed by atoms with Crippen LogP contribution in [0.4, 0.5) is 0 Å². The molecule has 0 heterocycles. The molecule has 1 amide bonds. The van der Waals surface area contributed by atoms with Gasteiger partial charge in [0.15, 0.2) is 11.5 Å². The van der Waals surface area contributed by atoms with Crippen LogP contribution in [-0.2, 0) is 6.61 Å². The quantitative estimate of drug-likeness (QED) is 0.260. The number of hydrogen-bond acceptors (Lipinski definition) is 5. The van der Waals surface area contributed by atoms with Crippen LogP contribution in [0.3, 0.4) is 0 Å². The zero-order valence-corrected chi connectivity index (χ0v) is 18.3. The molecule has 0 saturated heterocycles. The van der Waals surface area contributed by atoms with Gasteiger partial charge in [-0.15, -0.1) is 0 Å². The molecule has 0 unspecified atom stereocenters. The molecule has 0 atom stereocenters. The first-order chi connectivity index (χ1) is 15.6. The molecule has 0 radical (unpaired) electrons. The van der Waals surface area contributed by atoms with Gasteiger partial charge < -0.3 is 14.2 Å². The molecule has 0 aliphatic rings. The van der Waals surface area contributed by atoms with Gasteiger partial charge in [-0.3, -0.25) is 4.79 Å². The van der Waals surface area contributed by atoms with E-state index in [1.165, 1.54) is 6.21 Å². The van der Waals surface area contributed by atoms with Crippen molar-refractivity contribution >= 4 is 23.7 Å². The van der Waals surface area contributed by atoms with Gasteiger partial charge in [0.1, 0.15) is 19.0 Å². The van der Waals surface area contributed by atoms with Crippen molar-refractivity contribution in [2.45, 2.75) is 6.61 Å². The van der Waals surface area contributed by atoms with E-state index in [-0.39, 0.29) is 5.91 Å². The summed E-state index contributed by atoms with van der Waals surface area (Å²) in [6.07, 6.45) is 3.19. The lowest BCUT2D eigenvalue weighted by Gasteiger charge is -2.11. The maximum atomic E-state index is 12.2. The van der Waals surface area contributed by atoms with Crippen molar-refractivity contribution in [3.63, 3.8) is 0 Å². The largest absolute Gasteiger partial charge is 0.493 e. The highest BCUT2D eigenvalue weighted by molar-refractivity contribution is 6.30. The van der Waals surface area contributed by atoms with Crippen LogP contribution in [0.15, 0.2) is 84.5 Å². The third kappa shape index (κ3) is 6.62. The topological polar surface area (TPSA) is 69.2 Å². The fourth-order valence-corrected chi connectivity index (χ4v) is 2.84. The van der Waals surface area contributed by atoms with Crippen molar-refractivity contribution in [1.82, 2.24) is 5.43 Å². The Morgan fingerprint density at radius 2 is 1.78 bits per heavy atom. The Kier molecular flexibility index (Phi) is 8.29. The van der Waals surface area contributed by atoms with Crippen molar-refractivity contribution in [3.05, 3.63) is 101 Å². The van der Waals surface area contributed by atoms with Crippen LogP contribution in [0.5, 0.6) is 17.2 Å². The Morgan fingerprint density at radius 3 is 2.47 bits per heavy atom. The standard InChI is InChI=1S/C25H23ClN2O4/c1-3-14-31-22-11-7-20(8-12-22)25(29)28-27-16-19-6-13-23(24(15-19)30-2)32-17-18-4-9-21(26)10-5-18/h3-13,15-16H,1,14,17H2,2H3,(H,28,29). The molecule has 0 bridgehead atoms. The van der Waals surface area contributed by atoms with Gasteiger partial charge in [-0.25, -0.2) is 5.43 Å². The van der Waals surface area contributed by atoms with Crippen LogP contribution < -0.4 is 19.6 Å². The summed E-state index contributed by atoms with van der Waals surface area (Å²) in [5, 5.41) is 4.70. The number of hydrogen-bond donors (Lipinski definition) is 1. The van der Waals surface area contributed by atoms with Crippen molar-refractivity contribution in [2.24, 2.45) is 5.10 Å². The van der Waals surface area contributed by atoms with E-state index < -0.39 is 0 Å².